The summed E-state index contributed by atoms with van der Waals surface area (Å²) in [6, 6.07) is 0. The Hall–Kier alpha value is -0.570. The molecule has 1 rings (SSSR count). The minimum Gasteiger partial charge on any atom is -0.355 e. The van der Waals surface area contributed by atoms with E-state index in [2.05, 4.69) is 17.1 Å². The lowest BCUT2D eigenvalue weighted by atomic mass is 10.2. The zero-order valence-electron chi connectivity index (χ0n) is 9.22. The molecule has 1 amide bonds. The first-order chi connectivity index (χ1) is 6.83. The molecule has 0 atom stereocenters. The van der Waals surface area contributed by atoms with Crippen LogP contribution in [-0.2, 0) is 4.79 Å². The highest BCUT2D eigenvalue weighted by Crippen LogP contribution is 2.03. The summed E-state index contributed by atoms with van der Waals surface area (Å²) in [5.74, 6) is 0.209. The first-order valence-corrected chi connectivity index (χ1v) is 5.82. The van der Waals surface area contributed by atoms with Crippen LogP contribution in [0.1, 0.15) is 39.0 Å². The zero-order valence-corrected chi connectivity index (χ0v) is 9.22. The molecule has 3 heteroatoms. The van der Waals surface area contributed by atoms with Gasteiger partial charge in [-0.1, -0.05) is 26.2 Å². The summed E-state index contributed by atoms with van der Waals surface area (Å²) in [5, 5.41) is 2.90. The molecular weight excluding hydrogens is 176 g/mol. The normalized spacial score (nSPS) is 19.1. The van der Waals surface area contributed by atoms with Crippen LogP contribution >= 0.6 is 0 Å². The second-order valence-electron chi connectivity index (χ2n) is 4.00. The molecule has 0 spiro atoms. The van der Waals surface area contributed by atoms with Crippen LogP contribution in [0.25, 0.3) is 0 Å². The van der Waals surface area contributed by atoms with Crippen LogP contribution in [0.3, 0.4) is 0 Å². The summed E-state index contributed by atoms with van der Waals surface area (Å²) in [5.41, 5.74) is 0. The molecule has 0 radical (unpaired) electrons. The SMILES string of the molecule is CCCCCCN1CCNC(=O)CC1. The van der Waals surface area contributed by atoms with Crippen LogP contribution in [0, 0.1) is 0 Å². The second kappa shape index (κ2) is 6.82. The predicted octanol–water partition coefficient (Wildman–Crippen LogP) is 1.39. The maximum atomic E-state index is 11.1. The number of amides is 1. The van der Waals surface area contributed by atoms with Crippen molar-refractivity contribution in [2.24, 2.45) is 0 Å². The van der Waals surface area contributed by atoms with Crippen molar-refractivity contribution < 1.29 is 4.79 Å². The average Bonchev–Trinajstić information content (AvgIpc) is 2.38. The van der Waals surface area contributed by atoms with Gasteiger partial charge in [0.2, 0.25) is 5.91 Å². The first-order valence-electron chi connectivity index (χ1n) is 5.82. The number of carbonyl (C=O) groups is 1. The average molecular weight is 198 g/mol. The summed E-state index contributed by atoms with van der Waals surface area (Å²) in [6.07, 6.45) is 5.91. The molecule has 1 N–H and O–H groups in total. The quantitative estimate of drug-likeness (QED) is 0.677. The molecule has 0 saturated carbocycles. The molecule has 0 bridgehead atoms. The Labute approximate surface area is 86.9 Å². The monoisotopic (exact) mass is 198 g/mol. The van der Waals surface area contributed by atoms with Gasteiger partial charge in [-0.3, -0.25) is 4.79 Å². The Kier molecular flexibility index (Phi) is 5.60. The third kappa shape index (κ3) is 4.61. The van der Waals surface area contributed by atoms with E-state index in [1.165, 1.54) is 25.7 Å². The summed E-state index contributed by atoms with van der Waals surface area (Å²) in [4.78, 5) is 13.5. The number of nitrogens with one attached hydrogen (secondary N) is 1. The van der Waals surface area contributed by atoms with Crippen LogP contribution in [0.5, 0.6) is 0 Å². The van der Waals surface area contributed by atoms with E-state index in [0.29, 0.717) is 6.42 Å². The van der Waals surface area contributed by atoms with Gasteiger partial charge in [0.25, 0.3) is 0 Å². The van der Waals surface area contributed by atoms with Crippen LogP contribution in [-0.4, -0.2) is 37.0 Å². The molecule has 3 nitrogen and oxygen atoms in total. The van der Waals surface area contributed by atoms with Crippen molar-refractivity contribution in [3.8, 4) is 0 Å². The van der Waals surface area contributed by atoms with Crippen molar-refractivity contribution in [1.29, 1.82) is 0 Å². The van der Waals surface area contributed by atoms with Gasteiger partial charge < -0.3 is 10.2 Å². The van der Waals surface area contributed by atoms with Gasteiger partial charge in [-0.05, 0) is 13.0 Å². The molecule has 0 aliphatic carbocycles. The van der Waals surface area contributed by atoms with Crippen molar-refractivity contribution in [2.75, 3.05) is 26.2 Å². The number of hydrogen-bond acceptors (Lipinski definition) is 2. The molecule has 1 fully saturated rings. The third-order valence-electron chi connectivity index (χ3n) is 2.73. The van der Waals surface area contributed by atoms with Gasteiger partial charge in [0.15, 0.2) is 0 Å². The van der Waals surface area contributed by atoms with E-state index >= 15 is 0 Å². The minimum atomic E-state index is 0.209. The van der Waals surface area contributed by atoms with Gasteiger partial charge in [0.05, 0.1) is 0 Å². The number of nitrogens with zero attached hydrogens (tertiary/aromatic N) is 1. The summed E-state index contributed by atoms with van der Waals surface area (Å²) < 4.78 is 0. The maximum absolute atomic E-state index is 11.1. The molecule has 1 saturated heterocycles. The van der Waals surface area contributed by atoms with Crippen LogP contribution in [0.4, 0.5) is 0 Å². The second-order valence-corrected chi connectivity index (χ2v) is 4.00. The molecule has 1 aliphatic rings. The van der Waals surface area contributed by atoms with Crippen LogP contribution in [0.15, 0.2) is 0 Å². The maximum Gasteiger partial charge on any atom is 0.221 e. The van der Waals surface area contributed by atoms with Gasteiger partial charge in [-0.25, -0.2) is 0 Å². The summed E-state index contributed by atoms with van der Waals surface area (Å²) in [6.45, 7) is 6.19. The standard InChI is InChI=1S/C11H22N2O/c1-2-3-4-5-8-13-9-6-11(14)12-7-10-13/h2-10H2,1H3,(H,12,14). The number of unbranched alkanes of at least 4 members (excludes halogenated alkanes) is 3. The number of rotatable bonds is 5. The zero-order chi connectivity index (χ0) is 10.2. The summed E-state index contributed by atoms with van der Waals surface area (Å²) in [7, 11) is 0. The van der Waals surface area contributed by atoms with Crippen molar-refractivity contribution in [1.82, 2.24) is 10.2 Å². The van der Waals surface area contributed by atoms with Crippen molar-refractivity contribution >= 4 is 5.91 Å². The lowest BCUT2D eigenvalue weighted by Gasteiger charge is -2.18. The molecule has 1 aliphatic heterocycles. The molecular formula is C11H22N2O. The molecule has 1 heterocycles. The predicted molar refractivity (Wildman–Crippen MR) is 58.2 cm³/mol. The molecule has 0 aromatic heterocycles. The lowest BCUT2D eigenvalue weighted by Crippen LogP contribution is -2.29. The molecule has 82 valence electrons. The Morgan fingerprint density at radius 2 is 2.14 bits per heavy atom. The largest absolute Gasteiger partial charge is 0.355 e. The minimum absolute atomic E-state index is 0.209. The lowest BCUT2D eigenvalue weighted by molar-refractivity contribution is -0.120. The van der Waals surface area contributed by atoms with E-state index in [0.717, 1.165) is 26.2 Å². The van der Waals surface area contributed by atoms with E-state index in [1.807, 2.05) is 0 Å². The van der Waals surface area contributed by atoms with E-state index < -0.39 is 0 Å². The third-order valence-corrected chi connectivity index (χ3v) is 2.73. The fourth-order valence-electron chi connectivity index (χ4n) is 1.80. The van der Waals surface area contributed by atoms with E-state index in [4.69, 9.17) is 0 Å². The van der Waals surface area contributed by atoms with Gasteiger partial charge in [-0.2, -0.15) is 0 Å². The smallest absolute Gasteiger partial charge is 0.221 e. The fraction of sp³-hybridized carbons (Fsp3) is 0.909. The van der Waals surface area contributed by atoms with Crippen LogP contribution in [0.2, 0.25) is 0 Å². The fourth-order valence-corrected chi connectivity index (χ4v) is 1.80. The highest BCUT2D eigenvalue weighted by molar-refractivity contribution is 5.76. The van der Waals surface area contributed by atoms with Gasteiger partial charge in [-0.15, -0.1) is 0 Å². The molecule has 0 aromatic rings. The van der Waals surface area contributed by atoms with Crippen molar-refractivity contribution in [3.63, 3.8) is 0 Å². The highest BCUT2D eigenvalue weighted by atomic mass is 16.1. The van der Waals surface area contributed by atoms with Crippen LogP contribution < -0.4 is 5.32 Å². The first kappa shape index (κ1) is 11.5. The Morgan fingerprint density at radius 3 is 2.93 bits per heavy atom. The van der Waals surface area contributed by atoms with E-state index in [9.17, 15) is 4.79 Å². The van der Waals surface area contributed by atoms with Crippen molar-refractivity contribution in [2.45, 2.75) is 39.0 Å². The summed E-state index contributed by atoms with van der Waals surface area (Å²) >= 11 is 0. The topological polar surface area (TPSA) is 32.3 Å². The number of hydrogen-bond donors (Lipinski definition) is 1. The molecule has 0 aromatic carbocycles. The van der Waals surface area contributed by atoms with Crippen molar-refractivity contribution in [3.05, 3.63) is 0 Å². The van der Waals surface area contributed by atoms with Gasteiger partial charge >= 0.3 is 0 Å². The highest BCUT2D eigenvalue weighted by Gasteiger charge is 2.11. The Morgan fingerprint density at radius 1 is 1.29 bits per heavy atom. The van der Waals surface area contributed by atoms with E-state index in [-0.39, 0.29) is 5.91 Å². The van der Waals surface area contributed by atoms with Gasteiger partial charge in [0, 0.05) is 26.1 Å². The van der Waals surface area contributed by atoms with Gasteiger partial charge in [0.1, 0.15) is 0 Å². The molecule has 14 heavy (non-hydrogen) atoms. The number of carbonyl (C=O) groups excluding carboxylic acids is 1. The Balaban J connectivity index is 2.08. The Bertz CT molecular complexity index is 171. The van der Waals surface area contributed by atoms with E-state index in [1.54, 1.807) is 0 Å². The molecule has 0 unspecified atom stereocenters.